The van der Waals surface area contributed by atoms with Gasteiger partial charge in [-0.25, -0.2) is 0 Å². The van der Waals surface area contributed by atoms with Gasteiger partial charge in [-0.15, -0.1) is 0 Å². The number of esters is 2. The lowest BCUT2D eigenvalue weighted by Gasteiger charge is -2.26. The summed E-state index contributed by atoms with van der Waals surface area (Å²) >= 11 is 0. The monoisotopic (exact) mass is 960 g/mol. The average Bonchev–Trinajstić information content (AvgIpc) is 3.31. The van der Waals surface area contributed by atoms with Gasteiger partial charge in [0, 0.05) is 12.8 Å². The van der Waals surface area contributed by atoms with Crippen molar-refractivity contribution in [2.45, 2.75) is 193 Å². The maximum absolute atomic E-state index is 12.8. The number of carboxylic acids is 1. The van der Waals surface area contributed by atoms with Crippen LogP contribution in [-0.4, -0.2) is 82.3 Å². The van der Waals surface area contributed by atoms with Crippen molar-refractivity contribution in [3.05, 3.63) is 122 Å². The Morgan fingerprint density at radius 3 is 1.16 bits per heavy atom. The molecule has 0 saturated carbocycles. The highest BCUT2D eigenvalue weighted by Crippen LogP contribution is 2.13. The third kappa shape index (κ3) is 51.4. The van der Waals surface area contributed by atoms with E-state index in [-0.39, 0.29) is 38.6 Å². The van der Waals surface area contributed by atoms with E-state index in [0.717, 1.165) is 122 Å². The summed E-state index contributed by atoms with van der Waals surface area (Å²) in [7, 11) is 5.89. The smallest absolute Gasteiger partial charge is 0.306 e. The molecule has 0 aliphatic heterocycles. The zero-order chi connectivity index (χ0) is 50.6. The van der Waals surface area contributed by atoms with Gasteiger partial charge < -0.3 is 33.3 Å². The molecule has 0 N–H and O–H groups in total. The Kier molecular flexibility index (Phi) is 47.0. The molecule has 0 aromatic rings. The Hall–Kier alpha value is -4.31. The van der Waals surface area contributed by atoms with Crippen LogP contribution in [-0.2, 0) is 33.3 Å². The number of unbranched alkanes of at least 4 members (excludes halogenated alkanes) is 12. The topological polar surface area (TPSA) is 111 Å². The maximum atomic E-state index is 12.8. The molecular formula is C60H97NO8. The van der Waals surface area contributed by atoms with Crippen LogP contribution in [0.25, 0.3) is 0 Å². The fourth-order valence-corrected chi connectivity index (χ4v) is 6.65. The average molecular weight is 960 g/mol. The lowest BCUT2D eigenvalue weighted by molar-refractivity contribution is -0.870. The first kappa shape index (κ1) is 64.7. The van der Waals surface area contributed by atoms with E-state index >= 15 is 0 Å². The molecule has 0 radical (unpaired) electrons. The number of quaternary nitrogens is 1. The molecule has 0 spiro atoms. The van der Waals surface area contributed by atoms with Crippen LogP contribution in [0.1, 0.15) is 181 Å². The molecule has 390 valence electrons. The molecule has 9 nitrogen and oxygen atoms in total. The summed E-state index contributed by atoms with van der Waals surface area (Å²) in [5.41, 5.74) is 0. The molecular weight excluding hydrogens is 863 g/mol. The second-order valence-corrected chi connectivity index (χ2v) is 18.4. The maximum Gasteiger partial charge on any atom is 0.306 e. The number of carbonyl (C=O) groups excluding carboxylic acids is 3. The quantitative estimate of drug-likeness (QED) is 0.0195. The number of aliphatic carboxylic acids is 1. The molecule has 0 amide bonds. The number of rotatable bonds is 47. The molecule has 0 saturated heterocycles. The number of allylic oxidation sites excluding steroid dienone is 20. The first-order chi connectivity index (χ1) is 33.6. The number of ether oxygens (including phenoxy) is 4. The molecule has 9 heteroatoms. The van der Waals surface area contributed by atoms with Gasteiger partial charge in [0.05, 0.1) is 40.3 Å². The van der Waals surface area contributed by atoms with Gasteiger partial charge in [-0.1, -0.05) is 187 Å². The van der Waals surface area contributed by atoms with Gasteiger partial charge in [0.1, 0.15) is 13.2 Å². The molecule has 0 bridgehead atoms. The molecule has 0 aliphatic rings. The first-order valence-electron chi connectivity index (χ1n) is 26.7. The van der Waals surface area contributed by atoms with Gasteiger partial charge in [-0.3, -0.25) is 9.59 Å². The van der Waals surface area contributed by atoms with Crippen LogP contribution < -0.4 is 5.11 Å². The van der Waals surface area contributed by atoms with E-state index in [1.165, 1.54) is 19.3 Å². The van der Waals surface area contributed by atoms with E-state index in [2.05, 4.69) is 135 Å². The third-order valence-corrected chi connectivity index (χ3v) is 10.7. The van der Waals surface area contributed by atoms with Crippen molar-refractivity contribution in [2.75, 3.05) is 47.5 Å². The SMILES string of the molecule is CC/C=C\C/C=C\C/C=C\C/C=C\C/C=C\CCCCCCCCCC(=O)OC(COC(=O)CCCCCCC/C=C\C/C=C\C/C=C\C/C=C\C/C=C\CC)COC(OCC[N+](C)(C)C)C(=O)[O-]. The standard InChI is InChI=1S/C60H97NO8/c1-6-8-10-12-14-16-18-20-22-24-26-28-29-31-33-35-37-39-41-43-45-47-49-51-58(63)69-56(55-68-60(59(64)65)66-53-52-61(3,4)5)54-67-57(62)50-48-46-44-42-40-38-36-34-32-30-27-25-23-21-19-17-15-13-11-9-7-2/h8-11,14-17,20-23,26-28,30-31,33-34,36,56,60H,6-7,12-13,18-19,24-25,29,32,35,37-55H2,1-5H3/b10-8-,11-9-,16-14-,17-15-,22-20-,23-21-,28-26-,30-27-,33-31-,36-34-. The van der Waals surface area contributed by atoms with Gasteiger partial charge in [-0.2, -0.15) is 0 Å². The Labute approximate surface area is 421 Å². The first-order valence-corrected chi connectivity index (χ1v) is 26.7. The normalized spacial score (nSPS) is 13.8. The highest BCUT2D eigenvalue weighted by molar-refractivity contribution is 5.70. The van der Waals surface area contributed by atoms with Crippen molar-refractivity contribution in [2.24, 2.45) is 0 Å². The summed E-state index contributed by atoms with van der Waals surface area (Å²) in [6, 6.07) is 0. The number of likely N-dealkylation sites (N-methyl/N-ethyl adjacent to an activating group) is 1. The highest BCUT2D eigenvalue weighted by Gasteiger charge is 2.21. The van der Waals surface area contributed by atoms with Crippen molar-refractivity contribution in [3.63, 3.8) is 0 Å². The van der Waals surface area contributed by atoms with Crippen LogP contribution in [0.2, 0.25) is 0 Å². The van der Waals surface area contributed by atoms with Crippen molar-refractivity contribution < 1.29 is 42.9 Å². The van der Waals surface area contributed by atoms with E-state index < -0.39 is 24.3 Å². The van der Waals surface area contributed by atoms with Gasteiger partial charge in [0.25, 0.3) is 0 Å². The Balaban J connectivity index is 4.41. The summed E-state index contributed by atoms with van der Waals surface area (Å²) in [5.74, 6) is -2.34. The Bertz CT molecular complexity index is 1540. The molecule has 0 aromatic heterocycles. The fraction of sp³-hybridized carbons (Fsp3) is 0.617. The van der Waals surface area contributed by atoms with E-state index in [1.807, 2.05) is 21.1 Å². The van der Waals surface area contributed by atoms with Crippen LogP contribution >= 0.6 is 0 Å². The van der Waals surface area contributed by atoms with Crippen LogP contribution in [0, 0.1) is 0 Å². The Morgan fingerprint density at radius 2 is 0.783 bits per heavy atom. The zero-order valence-electron chi connectivity index (χ0n) is 44.1. The molecule has 0 heterocycles. The van der Waals surface area contributed by atoms with E-state index in [0.29, 0.717) is 23.9 Å². The molecule has 2 unspecified atom stereocenters. The van der Waals surface area contributed by atoms with Crippen LogP contribution in [0.4, 0.5) is 0 Å². The largest absolute Gasteiger partial charge is 0.545 e. The number of nitrogens with zero attached hydrogens (tertiary/aromatic N) is 1. The molecule has 0 fully saturated rings. The van der Waals surface area contributed by atoms with Crippen LogP contribution in [0.5, 0.6) is 0 Å². The molecule has 69 heavy (non-hydrogen) atoms. The second-order valence-electron chi connectivity index (χ2n) is 18.4. The van der Waals surface area contributed by atoms with Gasteiger partial charge in [0.2, 0.25) is 0 Å². The van der Waals surface area contributed by atoms with E-state index in [1.54, 1.807) is 0 Å². The lowest BCUT2D eigenvalue weighted by Crippen LogP contribution is -2.44. The number of carboxylic acid groups (broad SMARTS) is 1. The van der Waals surface area contributed by atoms with Crippen LogP contribution in [0.15, 0.2) is 122 Å². The third-order valence-electron chi connectivity index (χ3n) is 10.7. The lowest BCUT2D eigenvalue weighted by atomic mass is 10.1. The van der Waals surface area contributed by atoms with E-state index in [9.17, 15) is 19.5 Å². The number of hydrogen-bond donors (Lipinski definition) is 0. The summed E-state index contributed by atoms with van der Waals surface area (Å²) in [6.45, 7) is 4.46. The molecule has 0 aromatic carbocycles. The molecule has 2 atom stereocenters. The minimum absolute atomic E-state index is 0.134. The summed E-state index contributed by atoms with van der Waals surface area (Å²) in [6.07, 6.45) is 66.6. The second kappa shape index (κ2) is 50.1. The minimum Gasteiger partial charge on any atom is -0.545 e. The van der Waals surface area contributed by atoms with Crippen LogP contribution in [0.3, 0.4) is 0 Å². The summed E-state index contributed by atoms with van der Waals surface area (Å²) < 4.78 is 22.6. The van der Waals surface area contributed by atoms with Crippen molar-refractivity contribution >= 4 is 17.9 Å². The zero-order valence-corrected chi connectivity index (χ0v) is 44.1. The fourth-order valence-electron chi connectivity index (χ4n) is 6.65. The van der Waals surface area contributed by atoms with E-state index in [4.69, 9.17) is 18.9 Å². The molecule has 0 aliphatic carbocycles. The highest BCUT2D eigenvalue weighted by atomic mass is 16.7. The summed E-state index contributed by atoms with van der Waals surface area (Å²) in [5, 5.41) is 11.8. The van der Waals surface area contributed by atoms with Gasteiger partial charge in [0.15, 0.2) is 12.4 Å². The van der Waals surface area contributed by atoms with Crippen molar-refractivity contribution in [3.8, 4) is 0 Å². The summed E-state index contributed by atoms with van der Waals surface area (Å²) in [4.78, 5) is 37.2. The minimum atomic E-state index is -1.64. The predicted octanol–water partition coefficient (Wildman–Crippen LogP) is 14.0. The number of hydrogen-bond acceptors (Lipinski definition) is 8. The van der Waals surface area contributed by atoms with Gasteiger partial charge in [-0.05, 0) is 103 Å². The predicted molar refractivity (Wildman–Crippen MR) is 287 cm³/mol. The van der Waals surface area contributed by atoms with Crippen molar-refractivity contribution in [1.29, 1.82) is 0 Å². The Morgan fingerprint density at radius 1 is 0.435 bits per heavy atom. The van der Waals surface area contributed by atoms with Gasteiger partial charge >= 0.3 is 11.9 Å². The molecule has 0 rings (SSSR count). The number of carbonyl (C=O) groups is 3. The van der Waals surface area contributed by atoms with Crippen molar-refractivity contribution in [1.82, 2.24) is 0 Å².